The number of rotatable bonds is 3. The molecule has 0 aliphatic carbocycles. The second-order valence-electron chi connectivity index (χ2n) is 1.46. The molecule has 0 radical (unpaired) electrons. The normalized spacial score (nSPS) is 11.7. The molecule has 1 unspecified atom stereocenters. The Bertz CT molecular complexity index is 136. The Morgan fingerprint density at radius 2 is 2.22 bits per heavy atom. The summed E-state index contributed by atoms with van der Waals surface area (Å²) in [4.78, 5) is 18.1. The maximum absolute atomic E-state index is 10.0. The molecule has 0 saturated heterocycles. The highest BCUT2D eigenvalue weighted by atomic mass is 31.1. The number of hydrogen-bond donors (Lipinski definition) is 2. The molecule has 0 amide bonds. The summed E-state index contributed by atoms with van der Waals surface area (Å²) in [6.07, 6.45) is 0. The van der Waals surface area contributed by atoms with Gasteiger partial charge in [-0.05, 0) is 4.57 Å². The van der Waals surface area contributed by atoms with E-state index in [0.717, 1.165) is 4.67 Å². The molecule has 0 aromatic heterocycles. The SMILES string of the molecule is CN(CC(=O)O)[P+](=O)O. The number of likely N-dealkylation sites (N-methyl/N-ethyl adjacent to an activating group) is 1. The van der Waals surface area contributed by atoms with Gasteiger partial charge in [-0.15, -0.1) is 4.89 Å². The highest BCUT2D eigenvalue weighted by molar-refractivity contribution is 7.35. The van der Waals surface area contributed by atoms with Crippen LogP contribution in [0.15, 0.2) is 0 Å². The molecule has 0 aromatic rings. The number of carboxylic acid groups (broad SMARTS) is 1. The van der Waals surface area contributed by atoms with Gasteiger partial charge in [-0.1, -0.05) is 4.67 Å². The van der Waals surface area contributed by atoms with E-state index in [4.69, 9.17) is 10.00 Å². The molecular weight excluding hydrogens is 145 g/mol. The Labute approximate surface area is 52.8 Å². The highest BCUT2D eigenvalue weighted by Gasteiger charge is 2.22. The lowest BCUT2D eigenvalue weighted by molar-refractivity contribution is -0.137. The molecule has 6 heteroatoms. The Morgan fingerprint density at radius 3 is 2.33 bits per heavy atom. The average Bonchev–Trinajstić information content (AvgIpc) is 1.63. The van der Waals surface area contributed by atoms with E-state index in [2.05, 4.69) is 0 Å². The van der Waals surface area contributed by atoms with Crippen LogP contribution in [0.1, 0.15) is 0 Å². The van der Waals surface area contributed by atoms with Crippen molar-refractivity contribution in [2.24, 2.45) is 0 Å². The second kappa shape index (κ2) is 3.50. The van der Waals surface area contributed by atoms with Crippen molar-refractivity contribution in [2.75, 3.05) is 13.6 Å². The van der Waals surface area contributed by atoms with Crippen molar-refractivity contribution in [1.29, 1.82) is 0 Å². The van der Waals surface area contributed by atoms with Crippen LogP contribution in [-0.2, 0) is 9.36 Å². The number of aliphatic carboxylic acids is 1. The first-order valence-electron chi connectivity index (χ1n) is 2.13. The van der Waals surface area contributed by atoms with Crippen molar-refractivity contribution in [1.82, 2.24) is 4.67 Å². The molecule has 0 fully saturated rings. The summed E-state index contributed by atoms with van der Waals surface area (Å²) < 4.78 is 10.9. The second-order valence-corrected chi connectivity index (χ2v) is 2.65. The zero-order valence-electron chi connectivity index (χ0n) is 4.81. The van der Waals surface area contributed by atoms with Crippen molar-refractivity contribution in [3.05, 3.63) is 0 Å². The summed E-state index contributed by atoms with van der Waals surface area (Å²) in [5, 5.41) is 8.05. The zero-order valence-corrected chi connectivity index (χ0v) is 5.71. The number of hydrogen-bond acceptors (Lipinski definition) is 2. The molecule has 0 aliphatic heterocycles. The first-order valence-corrected chi connectivity index (χ1v) is 3.29. The van der Waals surface area contributed by atoms with Gasteiger partial charge in [-0.2, -0.15) is 0 Å². The van der Waals surface area contributed by atoms with E-state index in [1.54, 1.807) is 0 Å². The third kappa shape index (κ3) is 4.02. The van der Waals surface area contributed by atoms with Crippen LogP contribution in [0.4, 0.5) is 0 Å². The molecule has 52 valence electrons. The van der Waals surface area contributed by atoms with Crippen molar-refractivity contribution in [3.63, 3.8) is 0 Å². The van der Waals surface area contributed by atoms with Crippen LogP contribution < -0.4 is 0 Å². The van der Waals surface area contributed by atoms with E-state index in [0.29, 0.717) is 0 Å². The summed E-state index contributed by atoms with van der Waals surface area (Å²) in [6.45, 7) is -0.411. The Balaban J connectivity index is 3.63. The molecule has 0 aliphatic rings. The first kappa shape index (κ1) is 8.49. The molecule has 0 heterocycles. The van der Waals surface area contributed by atoms with Gasteiger partial charge in [-0.25, -0.2) is 0 Å². The largest absolute Gasteiger partial charge is 0.613 e. The van der Waals surface area contributed by atoms with Crippen molar-refractivity contribution < 1.29 is 19.4 Å². The van der Waals surface area contributed by atoms with Gasteiger partial charge in [0, 0.05) is 7.05 Å². The van der Waals surface area contributed by atoms with Gasteiger partial charge < -0.3 is 5.11 Å². The van der Waals surface area contributed by atoms with Crippen molar-refractivity contribution in [3.8, 4) is 0 Å². The summed E-state index contributed by atoms with van der Waals surface area (Å²) in [6, 6.07) is 0. The fraction of sp³-hybridized carbons (Fsp3) is 0.667. The Morgan fingerprint density at radius 1 is 1.78 bits per heavy atom. The van der Waals surface area contributed by atoms with Crippen molar-refractivity contribution >= 4 is 14.1 Å². The van der Waals surface area contributed by atoms with Crippen molar-refractivity contribution in [2.45, 2.75) is 0 Å². The fourth-order valence-corrected chi connectivity index (χ4v) is 0.498. The maximum atomic E-state index is 10.0. The average molecular weight is 152 g/mol. The Hall–Kier alpha value is -0.510. The van der Waals surface area contributed by atoms with Crippen LogP contribution >= 0.6 is 8.18 Å². The minimum atomic E-state index is -2.49. The van der Waals surface area contributed by atoms with E-state index >= 15 is 0 Å². The summed E-state index contributed by atoms with van der Waals surface area (Å²) in [5.41, 5.74) is 0. The predicted octanol–water partition coefficient (Wildman–Crippen LogP) is -0.348. The summed E-state index contributed by atoms with van der Waals surface area (Å²) in [7, 11) is -1.23. The summed E-state index contributed by atoms with van der Waals surface area (Å²) >= 11 is 0. The molecule has 0 rings (SSSR count). The lowest BCUT2D eigenvalue weighted by Gasteiger charge is -1.93. The van der Waals surface area contributed by atoms with Crippen LogP contribution in [0, 0.1) is 0 Å². The number of carbonyl (C=O) groups is 1. The monoisotopic (exact) mass is 152 g/mol. The molecule has 0 spiro atoms. The highest BCUT2D eigenvalue weighted by Crippen LogP contribution is 2.16. The number of carboxylic acids is 1. The fourth-order valence-electron chi connectivity index (χ4n) is 0.256. The third-order valence-corrected chi connectivity index (χ3v) is 1.38. The topological polar surface area (TPSA) is 77.8 Å². The number of nitrogens with zero attached hydrogens (tertiary/aromatic N) is 1. The maximum Gasteiger partial charge on any atom is 0.613 e. The lowest BCUT2D eigenvalue weighted by atomic mass is 10.7. The predicted molar refractivity (Wildman–Crippen MR) is 30.1 cm³/mol. The van der Waals surface area contributed by atoms with E-state index in [1.807, 2.05) is 0 Å². The molecule has 5 nitrogen and oxygen atoms in total. The zero-order chi connectivity index (χ0) is 7.44. The van der Waals surface area contributed by atoms with Crippen LogP contribution in [0.2, 0.25) is 0 Å². The van der Waals surface area contributed by atoms with Crippen LogP contribution in [-0.4, -0.2) is 34.2 Å². The van der Waals surface area contributed by atoms with Gasteiger partial charge in [0.2, 0.25) is 0 Å². The Kier molecular flexibility index (Phi) is 3.30. The smallest absolute Gasteiger partial charge is 0.480 e. The minimum Gasteiger partial charge on any atom is -0.480 e. The van der Waals surface area contributed by atoms with Gasteiger partial charge in [0.25, 0.3) is 0 Å². The van der Waals surface area contributed by atoms with Gasteiger partial charge in [0.05, 0.1) is 0 Å². The summed E-state index contributed by atoms with van der Waals surface area (Å²) in [5.74, 6) is -1.12. The lowest BCUT2D eigenvalue weighted by Crippen LogP contribution is -2.18. The molecule has 0 aromatic carbocycles. The first-order chi connectivity index (χ1) is 4.04. The molecule has 9 heavy (non-hydrogen) atoms. The van der Waals surface area contributed by atoms with E-state index in [-0.39, 0.29) is 0 Å². The van der Waals surface area contributed by atoms with Crippen LogP contribution in [0.3, 0.4) is 0 Å². The van der Waals surface area contributed by atoms with Crippen LogP contribution in [0.25, 0.3) is 0 Å². The van der Waals surface area contributed by atoms with Gasteiger partial charge in [0.15, 0.2) is 0 Å². The van der Waals surface area contributed by atoms with Crippen LogP contribution in [0.5, 0.6) is 0 Å². The van der Waals surface area contributed by atoms with E-state index < -0.39 is 20.7 Å². The van der Waals surface area contributed by atoms with E-state index in [9.17, 15) is 9.36 Å². The molecule has 0 bridgehead atoms. The molecule has 2 N–H and O–H groups in total. The molecular formula is C3H7NO4P+. The van der Waals surface area contributed by atoms with Gasteiger partial charge in [0.1, 0.15) is 6.54 Å². The molecule has 0 saturated carbocycles. The van der Waals surface area contributed by atoms with E-state index in [1.165, 1.54) is 7.05 Å². The third-order valence-electron chi connectivity index (χ3n) is 0.656. The molecule has 1 atom stereocenters. The minimum absolute atomic E-state index is 0.411. The quantitative estimate of drug-likeness (QED) is 0.540. The standard InChI is InChI=1S/C3H6NO4P/c1-4(9(7)8)2-3(5)6/h2H2,1H3,(H-,5,6,7,8)/p+1. The van der Waals surface area contributed by atoms with Gasteiger partial charge in [-0.3, -0.25) is 4.79 Å². The van der Waals surface area contributed by atoms with Gasteiger partial charge >= 0.3 is 14.1 Å².